The molecular weight excluding hydrogens is 771 g/mol. The van der Waals surface area contributed by atoms with Gasteiger partial charge >= 0.3 is 266 Å². The van der Waals surface area contributed by atoms with E-state index >= 15 is 0 Å². The Bertz CT molecular complexity index is 1500. The van der Waals surface area contributed by atoms with Crippen LogP contribution in [0.1, 0.15) is 43.0 Å². The van der Waals surface area contributed by atoms with Crippen LogP contribution in [0.4, 0.5) is 11.4 Å². The summed E-state index contributed by atoms with van der Waals surface area (Å²) in [7, 11) is 0. The van der Waals surface area contributed by atoms with Crippen LogP contribution in [-0.2, 0) is 28.6 Å². The van der Waals surface area contributed by atoms with E-state index in [1.165, 1.54) is 0 Å². The number of anilines is 2. The van der Waals surface area contributed by atoms with Crippen LogP contribution in [0.15, 0.2) is 93.9 Å². The van der Waals surface area contributed by atoms with Crippen LogP contribution in [-0.4, -0.2) is 23.5 Å². The molecule has 0 bridgehead atoms. The second-order valence-corrected chi connectivity index (χ2v) is 11.8. The van der Waals surface area contributed by atoms with E-state index in [4.69, 9.17) is 17.6 Å². The fraction of sp³-hybridized carbons (Fsp3) is 0.0667. The fourth-order valence-corrected chi connectivity index (χ4v) is 5.23. The number of carbonyl (C=O) groups is 4. The summed E-state index contributed by atoms with van der Waals surface area (Å²) in [6.45, 7) is 0. The molecule has 8 nitrogen and oxygen atoms in total. The first-order chi connectivity index (χ1) is 19.6. The molecule has 0 radical (unpaired) electrons. The van der Waals surface area contributed by atoms with Crippen LogP contribution < -0.4 is 33.5 Å². The van der Waals surface area contributed by atoms with Gasteiger partial charge in [0.1, 0.15) is 0 Å². The molecule has 4 rings (SSSR count). The van der Waals surface area contributed by atoms with Crippen LogP contribution in [0, 0.1) is 0 Å². The Kier molecular flexibility index (Phi) is 10.3. The van der Waals surface area contributed by atoms with E-state index in [1.807, 2.05) is 0 Å². The summed E-state index contributed by atoms with van der Waals surface area (Å²) in [6, 6.07) is 23.4. The number of para-hydroxylation sites is 2. The first kappa shape index (κ1) is 30.4. The first-order valence-electron chi connectivity index (χ1n) is 12.0. The third kappa shape index (κ3) is 7.80. The number of nitrogens with two attached hydrogens (primary N) is 2. The van der Waals surface area contributed by atoms with Gasteiger partial charge in [0.15, 0.2) is 0 Å². The van der Waals surface area contributed by atoms with Gasteiger partial charge in [0, 0.05) is 0 Å². The quantitative estimate of drug-likeness (QED) is 0.142. The van der Waals surface area contributed by atoms with E-state index in [2.05, 4.69) is 31.9 Å². The molecule has 0 saturated heterocycles. The SMILES string of the molecule is Nc1c(CC(=O)O[I-]OC(=O)Cc2cccc(C(=O)c3ccc(Br)cc3)c2N)cccc1C(=O)c1ccc(Br)cc1. The zero-order valence-electron chi connectivity index (χ0n) is 21.2. The maximum absolute atomic E-state index is 12.9. The van der Waals surface area contributed by atoms with Crippen molar-refractivity contribution in [1.82, 2.24) is 0 Å². The first-order valence-corrected chi connectivity index (χ1v) is 15.4. The van der Waals surface area contributed by atoms with Gasteiger partial charge in [-0.15, -0.1) is 0 Å². The number of rotatable bonds is 10. The summed E-state index contributed by atoms with van der Waals surface area (Å²) in [6.07, 6.45) is -0.393. The molecule has 4 aromatic rings. The molecule has 4 N–H and O–H groups in total. The average Bonchev–Trinajstić information content (AvgIpc) is 2.95. The molecule has 0 aromatic heterocycles. The molecule has 0 saturated carbocycles. The van der Waals surface area contributed by atoms with Crippen LogP contribution in [0.3, 0.4) is 0 Å². The van der Waals surface area contributed by atoms with Gasteiger partial charge in [-0.25, -0.2) is 0 Å². The summed E-state index contributed by atoms with van der Waals surface area (Å²) >= 11 is 4.95. The molecule has 210 valence electrons. The van der Waals surface area contributed by atoms with Crippen molar-refractivity contribution in [3.63, 3.8) is 0 Å². The number of carbonyl (C=O) groups excluding carboxylic acids is 4. The van der Waals surface area contributed by atoms with E-state index < -0.39 is 34.0 Å². The van der Waals surface area contributed by atoms with Crippen molar-refractivity contribution in [1.29, 1.82) is 0 Å². The van der Waals surface area contributed by atoms with Crippen LogP contribution >= 0.6 is 31.9 Å². The van der Waals surface area contributed by atoms with E-state index in [-0.39, 0.29) is 46.9 Å². The van der Waals surface area contributed by atoms with Gasteiger partial charge < -0.3 is 0 Å². The Morgan fingerprint density at radius 3 is 1.32 bits per heavy atom. The van der Waals surface area contributed by atoms with E-state index in [0.29, 0.717) is 22.3 Å². The molecule has 0 aliphatic rings. The minimum absolute atomic E-state index is 0.181. The Morgan fingerprint density at radius 2 is 0.951 bits per heavy atom. The van der Waals surface area contributed by atoms with Gasteiger partial charge in [-0.2, -0.15) is 0 Å². The van der Waals surface area contributed by atoms with Gasteiger partial charge in [-0.05, 0) is 0 Å². The third-order valence-corrected chi connectivity index (χ3v) is 8.40. The van der Waals surface area contributed by atoms with Gasteiger partial charge in [-0.3, -0.25) is 0 Å². The van der Waals surface area contributed by atoms with E-state index in [9.17, 15) is 19.2 Å². The summed E-state index contributed by atoms with van der Waals surface area (Å²) in [5, 5.41) is 0. The van der Waals surface area contributed by atoms with Crippen molar-refractivity contribution in [2.75, 3.05) is 11.5 Å². The third-order valence-electron chi connectivity index (χ3n) is 6.00. The van der Waals surface area contributed by atoms with Crippen molar-refractivity contribution in [2.24, 2.45) is 0 Å². The predicted molar refractivity (Wildman–Crippen MR) is 156 cm³/mol. The van der Waals surface area contributed by atoms with Crippen molar-refractivity contribution in [3.05, 3.63) is 127 Å². The molecule has 0 aliphatic carbocycles. The summed E-state index contributed by atoms with van der Waals surface area (Å²) in [5.74, 6) is -1.83. The zero-order valence-corrected chi connectivity index (χ0v) is 26.6. The monoisotopic (exact) mass is 791 g/mol. The summed E-state index contributed by atoms with van der Waals surface area (Å²) in [5.41, 5.74) is 15.1. The number of hydrogen-bond donors (Lipinski definition) is 2. The number of ketones is 2. The second kappa shape index (κ2) is 13.9. The van der Waals surface area contributed by atoms with Crippen molar-refractivity contribution in [3.8, 4) is 0 Å². The Hall–Kier alpha value is -3.55. The minimum atomic E-state index is -1.72. The molecule has 11 heteroatoms. The Labute approximate surface area is 264 Å². The molecule has 0 aliphatic heterocycles. The molecule has 0 spiro atoms. The molecule has 0 unspecified atom stereocenters. The zero-order chi connectivity index (χ0) is 29.5. The van der Waals surface area contributed by atoms with Gasteiger partial charge in [-0.1, -0.05) is 0 Å². The fourth-order valence-electron chi connectivity index (χ4n) is 3.90. The molecule has 0 heterocycles. The number of hydrogen-bond acceptors (Lipinski definition) is 8. The van der Waals surface area contributed by atoms with Crippen LogP contribution in [0.2, 0.25) is 0 Å². The van der Waals surface area contributed by atoms with E-state index in [0.717, 1.165) is 8.95 Å². The van der Waals surface area contributed by atoms with Crippen molar-refractivity contribution in [2.45, 2.75) is 12.8 Å². The van der Waals surface area contributed by atoms with Crippen molar-refractivity contribution < 1.29 is 47.3 Å². The second-order valence-electron chi connectivity index (χ2n) is 8.74. The van der Waals surface area contributed by atoms with Gasteiger partial charge in [0.25, 0.3) is 0 Å². The van der Waals surface area contributed by atoms with E-state index in [1.54, 1.807) is 84.9 Å². The standard InChI is InChI=1S/C30H22Br2IN2O6/c31-21-11-7-17(8-12-21)29(38)23-5-1-3-19(27(23)34)15-25(36)40-33-41-26(37)16-20-4-2-6-24(28(20)35)30(39)18-9-13-22(32)14-10-18/h1-14H,15-16,34-35H2/q-1. The Morgan fingerprint density at radius 1 is 0.585 bits per heavy atom. The average molecular weight is 793 g/mol. The predicted octanol–water partition coefficient (Wildman–Crippen LogP) is 2.63. The normalized spacial score (nSPS) is 10.7. The molecule has 4 aromatic carbocycles. The molecule has 0 amide bonds. The number of halogens is 3. The molecule has 41 heavy (non-hydrogen) atoms. The number of nitrogen functional groups attached to an aromatic ring is 2. The molecule has 0 atom stereocenters. The summed E-state index contributed by atoms with van der Waals surface area (Å²) < 4.78 is 12.0. The molecule has 0 fully saturated rings. The van der Waals surface area contributed by atoms with Crippen molar-refractivity contribution >= 4 is 66.7 Å². The number of benzene rings is 4. The summed E-state index contributed by atoms with van der Waals surface area (Å²) in [4.78, 5) is 50.6. The maximum atomic E-state index is 12.9. The topological polar surface area (TPSA) is 139 Å². The van der Waals surface area contributed by atoms with Crippen LogP contribution in [0.5, 0.6) is 0 Å². The van der Waals surface area contributed by atoms with Crippen LogP contribution in [0.25, 0.3) is 0 Å². The Balaban J connectivity index is 1.32. The van der Waals surface area contributed by atoms with Gasteiger partial charge in [0.2, 0.25) is 0 Å². The molecular formula is C30H22Br2IN2O6-. The van der Waals surface area contributed by atoms with Gasteiger partial charge in [0.05, 0.1) is 0 Å².